The number of ether oxygens (including phenoxy) is 1. The molecule has 2 heterocycles. The Morgan fingerprint density at radius 3 is 2.79 bits per heavy atom. The van der Waals surface area contributed by atoms with E-state index in [1.165, 1.54) is 10.6 Å². The first kappa shape index (κ1) is 13.3. The summed E-state index contributed by atoms with van der Waals surface area (Å²) in [7, 11) is 1.55. The minimum absolute atomic E-state index is 0.190. The van der Waals surface area contributed by atoms with Gasteiger partial charge in [0, 0.05) is 31.5 Å². The van der Waals surface area contributed by atoms with E-state index in [0.29, 0.717) is 30.2 Å². The van der Waals surface area contributed by atoms with Gasteiger partial charge in [0.25, 0.3) is 5.56 Å². The van der Waals surface area contributed by atoms with Gasteiger partial charge in [-0.05, 0) is 6.92 Å². The maximum Gasteiger partial charge on any atom is 0.309 e. The van der Waals surface area contributed by atoms with Crippen LogP contribution >= 0.6 is 0 Å². The summed E-state index contributed by atoms with van der Waals surface area (Å²) in [5, 5.41) is 13.0. The first-order chi connectivity index (χ1) is 9.06. The van der Waals surface area contributed by atoms with Crippen LogP contribution < -0.4 is 5.56 Å². The van der Waals surface area contributed by atoms with Gasteiger partial charge in [-0.3, -0.25) is 9.59 Å². The summed E-state index contributed by atoms with van der Waals surface area (Å²) >= 11 is 0. The monoisotopic (exact) mass is 265 g/mol. The maximum atomic E-state index is 11.9. The minimum Gasteiger partial charge on any atom is -0.481 e. The van der Waals surface area contributed by atoms with E-state index in [9.17, 15) is 9.59 Å². The molecule has 0 radical (unpaired) electrons. The average Bonchev–Trinajstić information content (AvgIpc) is 2.73. The Labute approximate surface area is 109 Å². The molecule has 0 spiro atoms. The number of rotatable bonds is 5. The molecule has 2 aromatic rings. The van der Waals surface area contributed by atoms with Gasteiger partial charge >= 0.3 is 5.97 Å². The largest absolute Gasteiger partial charge is 0.481 e. The lowest BCUT2D eigenvalue weighted by Gasteiger charge is -2.11. The number of fused-ring (bicyclic) bond motifs is 1. The Morgan fingerprint density at radius 1 is 1.47 bits per heavy atom. The number of methoxy groups -OCH3 is 1. The lowest BCUT2D eigenvalue weighted by Crippen LogP contribution is -2.22. The van der Waals surface area contributed by atoms with Crippen molar-refractivity contribution in [3.05, 3.63) is 33.9 Å². The van der Waals surface area contributed by atoms with Crippen molar-refractivity contribution in [1.82, 2.24) is 14.2 Å². The number of nitrogens with zero attached hydrogens (tertiary/aromatic N) is 3. The Kier molecular flexibility index (Phi) is 3.66. The van der Waals surface area contributed by atoms with Crippen molar-refractivity contribution in [2.45, 2.75) is 26.5 Å². The third kappa shape index (κ3) is 2.50. The standard InChI is InChI=1S/C12H15N3O4/c1-3-14-9(6-12(17)18)5-11(16)15-10(14)4-8(13-15)7-19-2/h4-5H,3,6-7H2,1-2H3,(H,17,18). The normalized spacial score (nSPS) is 11.1. The van der Waals surface area contributed by atoms with Crippen LogP contribution in [0.25, 0.3) is 5.65 Å². The van der Waals surface area contributed by atoms with Crippen molar-refractivity contribution in [2.24, 2.45) is 0 Å². The molecule has 0 aliphatic heterocycles. The van der Waals surface area contributed by atoms with Gasteiger partial charge in [-0.2, -0.15) is 9.61 Å². The molecule has 19 heavy (non-hydrogen) atoms. The predicted molar refractivity (Wildman–Crippen MR) is 67.2 cm³/mol. The summed E-state index contributed by atoms with van der Waals surface area (Å²) < 4.78 is 8.02. The molecule has 2 aromatic heterocycles. The highest BCUT2D eigenvalue weighted by Gasteiger charge is 2.13. The van der Waals surface area contributed by atoms with E-state index < -0.39 is 5.97 Å². The molecule has 0 aliphatic carbocycles. The smallest absolute Gasteiger partial charge is 0.309 e. The van der Waals surface area contributed by atoms with Crippen molar-refractivity contribution < 1.29 is 14.6 Å². The minimum atomic E-state index is -0.970. The number of carbonyl (C=O) groups is 1. The van der Waals surface area contributed by atoms with Crippen molar-refractivity contribution in [1.29, 1.82) is 0 Å². The zero-order chi connectivity index (χ0) is 14.0. The SMILES string of the molecule is CCn1c(CC(=O)O)cc(=O)n2nc(COC)cc12. The van der Waals surface area contributed by atoms with Gasteiger partial charge in [-0.25, -0.2) is 0 Å². The van der Waals surface area contributed by atoms with E-state index in [4.69, 9.17) is 9.84 Å². The maximum absolute atomic E-state index is 11.9. The number of aromatic nitrogens is 3. The average molecular weight is 265 g/mol. The van der Waals surface area contributed by atoms with Crippen molar-refractivity contribution in [3.63, 3.8) is 0 Å². The fraction of sp³-hybridized carbons (Fsp3) is 0.417. The second kappa shape index (κ2) is 5.23. The van der Waals surface area contributed by atoms with Crippen LogP contribution in [0.1, 0.15) is 18.3 Å². The lowest BCUT2D eigenvalue weighted by molar-refractivity contribution is -0.136. The lowest BCUT2D eigenvalue weighted by atomic mass is 10.3. The zero-order valence-corrected chi connectivity index (χ0v) is 10.8. The summed E-state index contributed by atoms with van der Waals surface area (Å²) in [6.07, 6.45) is -0.190. The quantitative estimate of drug-likeness (QED) is 0.839. The molecule has 7 nitrogen and oxygen atoms in total. The third-order valence-electron chi connectivity index (χ3n) is 2.80. The van der Waals surface area contributed by atoms with Crippen molar-refractivity contribution >= 4 is 11.6 Å². The highest BCUT2D eigenvalue weighted by atomic mass is 16.5. The molecule has 2 rings (SSSR count). The van der Waals surface area contributed by atoms with Crippen LogP contribution in [0.2, 0.25) is 0 Å². The molecule has 0 aliphatic rings. The molecule has 0 amide bonds. The van der Waals surface area contributed by atoms with Crippen LogP contribution in [-0.4, -0.2) is 32.4 Å². The molecule has 0 saturated carbocycles. The summed E-state index contributed by atoms with van der Waals surface area (Å²) in [4.78, 5) is 22.8. The molecule has 0 unspecified atom stereocenters. The summed E-state index contributed by atoms with van der Waals surface area (Å²) in [6, 6.07) is 3.05. The molecule has 0 atom stereocenters. The van der Waals surface area contributed by atoms with E-state index >= 15 is 0 Å². The highest BCUT2D eigenvalue weighted by Crippen LogP contribution is 2.10. The molecule has 0 fully saturated rings. The van der Waals surface area contributed by atoms with Crippen LogP contribution in [0.5, 0.6) is 0 Å². The van der Waals surface area contributed by atoms with Crippen LogP contribution in [0, 0.1) is 0 Å². The molecule has 0 bridgehead atoms. The molecule has 7 heteroatoms. The number of aliphatic carboxylic acids is 1. The van der Waals surface area contributed by atoms with Crippen LogP contribution in [-0.2, 0) is 29.1 Å². The number of carboxylic acid groups (broad SMARTS) is 1. The second-order valence-corrected chi connectivity index (χ2v) is 4.13. The van der Waals surface area contributed by atoms with Crippen LogP contribution in [0.4, 0.5) is 0 Å². The fourth-order valence-corrected chi connectivity index (χ4v) is 2.09. The Bertz CT molecular complexity index is 671. The summed E-state index contributed by atoms with van der Waals surface area (Å²) in [5.41, 5.74) is 1.35. The number of hydrogen-bond acceptors (Lipinski definition) is 4. The Morgan fingerprint density at radius 2 is 2.21 bits per heavy atom. The van der Waals surface area contributed by atoms with Gasteiger partial charge in [0.1, 0.15) is 5.65 Å². The van der Waals surface area contributed by atoms with Crippen molar-refractivity contribution in [2.75, 3.05) is 7.11 Å². The van der Waals surface area contributed by atoms with E-state index in [2.05, 4.69) is 5.10 Å². The van der Waals surface area contributed by atoms with E-state index in [1.54, 1.807) is 17.7 Å². The number of aryl methyl sites for hydroxylation is 1. The van der Waals surface area contributed by atoms with Gasteiger partial charge in [0.2, 0.25) is 0 Å². The molecular formula is C12H15N3O4. The van der Waals surface area contributed by atoms with E-state index in [0.717, 1.165) is 0 Å². The van der Waals surface area contributed by atoms with E-state index in [-0.39, 0.29) is 12.0 Å². The number of carboxylic acids is 1. The second-order valence-electron chi connectivity index (χ2n) is 4.13. The van der Waals surface area contributed by atoms with Crippen LogP contribution in [0.3, 0.4) is 0 Å². The predicted octanol–water partition coefficient (Wildman–Crippen LogP) is 0.289. The highest BCUT2D eigenvalue weighted by molar-refractivity contribution is 5.69. The topological polar surface area (TPSA) is 85.8 Å². The molecule has 102 valence electrons. The summed E-state index contributed by atoms with van der Waals surface area (Å²) in [5.74, 6) is -0.970. The number of hydrogen-bond donors (Lipinski definition) is 1. The van der Waals surface area contributed by atoms with E-state index in [1.807, 2.05) is 6.92 Å². The van der Waals surface area contributed by atoms with Gasteiger partial charge < -0.3 is 14.4 Å². The van der Waals surface area contributed by atoms with Gasteiger partial charge in [0.15, 0.2) is 0 Å². The third-order valence-corrected chi connectivity index (χ3v) is 2.80. The molecule has 0 saturated heterocycles. The molecule has 0 aromatic carbocycles. The summed E-state index contributed by atoms with van der Waals surface area (Å²) in [6.45, 7) is 2.75. The first-order valence-electron chi connectivity index (χ1n) is 5.89. The van der Waals surface area contributed by atoms with Gasteiger partial charge in [0.05, 0.1) is 18.7 Å². The van der Waals surface area contributed by atoms with Crippen molar-refractivity contribution in [3.8, 4) is 0 Å². The van der Waals surface area contributed by atoms with Gasteiger partial charge in [-0.1, -0.05) is 0 Å². The first-order valence-corrected chi connectivity index (χ1v) is 5.89. The molecule has 1 N–H and O–H groups in total. The fourth-order valence-electron chi connectivity index (χ4n) is 2.09. The Balaban J connectivity index is 2.66. The van der Waals surface area contributed by atoms with Crippen LogP contribution in [0.15, 0.2) is 16.9 Å². The Hall–Kier alpha value is -2.15. The van der Waals surface area contributed by atoms with Gasteiger partial charge in [-0.15, -0.1) is 0 Å². The zero-order valence-electron chi connectivity index (χ0n) is 10.8. The molecular weight excluding hydrogens is 250 g/mol.